The van der Waals surface area contributed by atoms with E-state index in [4.69, 9.17) is 18.6 Å². The number of hydrogen-bond acceptors (Lipinski definition) is 5. The first kappa shape index (κ1) is 20.2. The highest BCUT2D eigenvalue weighted by molar-refractivity contribution is 6.09. The van der Waals surface area contributed by atoms with Crippen LogP contribution in [-0.4, -0.2) is 4.98 Å². The molecular formula is C23H17ClN2O4. The fourth-order valence-corrected chi connectivity index (χ4v) is 3.74. The minimum absolute atomic E-state index is 1.01. The molecule has 2 aromatic carbocycles. The second-order valence-electron chi connectivity index (χ2n) is 6.77. The highest BCUT2D eigenvalue weighted by atomic mass is 35.7. The van der Waals surface area contributed by atoms with Crippen LogP contribution in [0.15, 0.2) is 85.1 Å². The topological polar surface area (TPSA) is 109 Å². The van der Waals surface area contributed by atoms with Crippen LogP contribution in [0.5, 0.6) is 0 Å². The number of benzene rings is 2. The lowest BCUT2D eigenvalue weighted by Gasteiger charge is -2.17. The van der Waals surface area contributed by atoms with Crippen LogP contribution in [-0.2, 0) is 0 Å². The first-order valence-electron chi connectivity index (χ1n) is 9.12. The lowest BCUT2D eigenvalue weighted by Crippen LogP contribution is -2.68. The fourth-order valence-electron chi connectivity index (χ4n) is 3.74. The molecule has 0 unspecified atom stereocenters. The summed E-state index contributed by atoms with van der Waals surface area (Å²) in [4.78, 5) is 4.69. The molecular weight excluding hydrogens is 404 g/mol. The number of nitrogens with zero attached hydrogens (tertiary/aromatic N) is 2. The number of halogens is 1. The minimum Gasteiger partial charge on any atom is -0.222 e. The average molecular weight is 421 g/mol. The normalized spacial score (nSPS) is 11.5. The van der Waals surface area contributed by atoms with Gasteiger partial charge < -0.3 is 0 Å². The molecule has 0 bridgehead atoms. The van der Waals surface area contributed by atoms with Crippen molar-refractivity contribution in [3.8, 4) is 11.1 Å². The molecule has 5 aromatic rings. The van der Waals surface area contributed by atoms with Crippen molar-refractivity contribution < 1.29 is 33.3 Å². The van der Waals surface area contributed by atoms with Crippen molar-refractivity contribution in [3.63, 3.8) is 0 Å². The van der Waals surface area contributed by atoms with E-state index in [1.807, 2.05) is 12.3 Å². The quantitative estimate of drug-likeness (QED) is 0.287. The first-order chi connectivity index (χ1) is 14.3. The second kappa shape index (κ2) is 7.95. The maximum Gasteiger partial charge on any atom is 0.336 e. The van der Waals surface area contributed by atoms with Crippen LogP contribution in [0.25, 0.3) is 38.4 Å². The van der Waals surface area contributed by atoms with Crippen molar-refractivity contribution in [2.24, 2.45) is 0 Å². The standard InChI is InChI=1S/C23H17N2.ClHO4/c1-16-14-18(17-8-3-2-4-9-17)15-22-20-11-6-5-10-19(20)21-12-7-13-24-23(21)25(16)22;2-1(3,4)5/h2-15H,1H3;(H,2,3,4,5)/q+1;/p-1. The zero-order valence-electron chi connectivity index (χ0n) is 16.0. The molecule has 0 spiro atoms. The zero-order valence-corrected chi connectivity index (χ0v) is 16.7. The fraction of sp³-hybridized carbons (Fsp3) is 0.0435. The van der Waals surface area contributed by atoms with Gasteiger partial charge in [-0.25, -0.2) is 18.6 Å². The van der Waals surface area contributed by atoms with Gasteiger partial charge in [-0.1, -0.05) is 54.6 Å². The predicted octanol–water partition coefficient (Wildman–Crippen LogP) is 0.346. The van der Waals surface area contributed by atoms with Crippen molar-refractivity contribution in [2.75, 3.05) is 0 Å². The molecule has 30 heavy (non-hydrogen) atoms. The van der Waals surface area contributed by atoms with Gasteiger partial charge in [-0.05, 0) is 47.3 Å². The summed E-state index contributed by atoms with van der Waals surface area (Å²) in [5, 5.41) is 3.69. The van der Waals surface area contributed by atoms with Crippen LogP contribution in [0.4, 0.5) is 0 Å². The van der Waals surface area contributed by atoms with Crippen LogP contribution >= 0.6 is 0 Å². The van der Waals surface area contributed by atoms with Crippen LogP contribution in [0.1, 0.15) is 5.69 Å². The van der Waals surface area contributed by atoms with Gasteiger partial charge in [0.05, 0.1) is 5.39 Å². The molecule has 0 atom stereocenters. The Morgan fingerprint density at radius 2 is 1.30 bits per heavy atom. The number of aromatic nitrogens is 2. The summed E-state index contributed by atoms with van der Waals surface area (Å²) in [5.74, 6) is 0. The summed E-state index contributed by atoms with van der Waals surface area (Å²) in [7, 11) is -4.94. The van der Waals surface area contributed by atoms with Gasteiger partial charge in [0.25, 0.3) is 0 Å². The summed E-state index contributed by atoms with van der Waals surface area (Å²) >= 11 is 0. The minimum atomic E-state index is -4.94. The first-order valence-corrected chi connectivity index (χ1v) is 10.4. The third-order valence-electron chi connectivity index (χ3n) is 4.85. The molecule has 3 heterocycles. The van der Waals surface area contributed by atoms with Crippen molar-refractivity contribution in [3.05, 3.63) is 90.8 Å². The molecule has 0 N–H and O–H groups in total. The van der Waals surface area contributed by atoms with Gasteiger partial charge in [-0.15, -0.1) is 10.2 Å². The van der Waals surface area contributed by atoms with Crippen molar-refractivity contribution >= 4 is 27.3 Å². The molecule has 150 valence electrons. The van der Waals surface area contributed by atoms with Crippen molar-refractivity contribution in [1.29, 1.82) is 0 Å². The van der Waals surface area contributed by atoms with Gasteiger partial charge in [0, 0.05) is 10.8 Å². The Balaban J connectivity index is 0.000000393. The molecule has 0 fully saturated rings. The molecule has 3 aromatic heterocycles. The Hall–Kier alpha value is -3.13. The van der Waals surface area contributed by atoms with E-state index in [2.05, 4.69) is 89.1 Å². The predicted molar refractivity (Wildman–Crippen MR) is 103 cm³/mol. The lowest BCUT2D eigenvalue weighted by atomic mass is 10.0. The molecule has 0 aliphatic carbocycles. The van der Waals surface area contributed by atoms with Gasteiger partial charge in [-0.2, -0.15) is 4.40 Å². The summed E-state index contributed by atoms with van der Waals surface area (Å²) in [6, 6.07) is 27.8. The van der Waals surface area contributed by atoms with E-state index < -0.39 is 10.2 Å². The Labute approximate surface area is 174 Å². The van der Waals surface area contributed by atoms with E-state index in [-0.39, 0.29) is 0 Å². The third-order valence-corrected chi connectivity index (χ3v) is 4.85. The molecule has 5 rings (SSSR count). The smallest absolute Gasteiger partial charge is 0.222 e. The van der Waals surface area contributed by atoms with Crippen LogP contribution in [0.2, 0.25) is 0 Å². The van der Waals surface area contributed by atoms with Crippen LogP contribution in [0, 0.1) is 17.2 Å². The molecule has 0 radical (unpaired) electrons. The SMILES string of the molecule is Cc1cc(-c2ccccc2)cc2c3ccccc3c3cccnc3[n+]12.[O-][Cl+3]([O-])([O-])[O-]. The number of pyridine rings is 3. The maximum atomic E-state index is 8.49. The highest BCUT2D eigenvalue weighted by Gasteiger charge is 2.18. The molecule has 0 aliphatic heterocycles. The van der Waals surface area contributed by atoms with Gasteiger partial charge in [0.2, 0.25) is 0 Å². The number of hydrogen-bond donors (Lipinski definition) is 0. The van der Waals surface area contributed by atoms with Crippen molar-refractivity contribution in [2.45, 2.75) is 6.92 Å². The Morgan fingerprint density at radius 1 is 0.700 bits per heavy atom. The molecule has 7 heteroatoms. The molecule has 0 saturated heterocycles. The van der Waals surface area contributed by atoms with E-state index in [1.54, 1.807) is 0 Å². The average Bonchev–Trinajstić information content (AvgIpc) is 2.73. The van der Waals surface area contributed by atoms with Crippen LogP contribution < -0.4 is 23.0 Å². The summed E-state index contributed by atoms with van der Waals surface area (Å²) in [6.07, 6.45) is 1.87. The van der Waals surface area contributed by atoms with Gasteiger partial charge >= 0.3 is 5.65 Å². The van der Waals surface area contributed by atoms with Gasteiger partial charge in [0.1, 0.15) is 17.4 Å². The molecule has 6 nitrogen and oxygen atoms in total. The van der Waals surface area contributed by atoms with Crippen LogP contribution in [0.3, 0.4) is 0 Å². The second-order valence-corrected chi connectivity index (χ2v) is 7.53. The number of fused-ring (bicyclic) bond motifs is 6. The number of aryl methyl sites for hydroxylation is 1. The lowest BCUT2D eigenvalue weighted by molar-refractivity contribution is -2.00. The van der Waals surface area contributed by atoms with E-state index >= 15 is 0 Å². The largest absolute Gasteiger partial charge is 0.336 e. The molecule has 0 saturated carbocycles. The Kier molecular flexibility index (Phi) is 5.34. The van der Waals surface area contributed by atoms with Gasteiger partial charge in [-0.3, -0.25) is 0 Å². The maximum absolute atomic E-state index is 8.49. The molecule has 0 amide bonds. The summed E-state index contributed by atoms with van der Waals surface area (Å²) in [5.41, 5.74) is 5.86. The molecule has 0 aliphatic rings. The van der Waals surface area contributed by atoms with E-state index in [1.165, 1.54) is 38.5 Å². The summed E-state index contributed by atoms with van der Waals surface area (Å²) in [6.45, 7) is 2.16. The zero-order chi connectivity index (χ0) is 21.3. The van der Waals surface area contributed by atoms with E-state index in [9.17, 15) is 0 Å². The Morgan fingerprint density at radius 3 is 2.00 bits per heavy atom. The van der Waals surface area contributed by atoms with Gasteiger partial charge in [0.15, 0.2) is 0 Å². The summed E-state index contributed by atoms with van der Waals surface area (Å²) < 4.78 is 36.2. The van der Waals surface area contributed by atoms with E-state index in [0.29, 0.717) is 0 Å². The Bertz CT molecular complexity index is 1350. The van der Waals surface area contributed by atoms with Crippen molar-refractivity contribution in [1.82, 2.24) is 4.98 Å². The third kappa shape index (κ3) is 4.09. The monoisotopic (exact) mass is 420 g/mol. The van der Waals surface area contributed by atoms with E-state index in [0.717, 1.165) is 5.65 Å². The highest BCUT2D eigenvalue weighted by Crippen LogP contribution is 2.28. The number of rotatable bonds is 1.